The molecule has 0 spiro atoms. The van der Waals surface area contributed by atoms with Crippen molar-refractivity contribution in [3.05, 3.63) is 64.2 Å². The second-order valence-corrected chi connectivity index (χ2v) is 8.97. The zero-order chi connectivity index (χ0) is 19.6. The smallest absolute Gasteiger partial charge is 0.407 e. The molecule has 27 heavy (non-hydrogen) atoms. The fourth-order valence-electron chi connectivity index (χ4n) is 3.33. The first-order valence-electron chi connectivity index (χ1n) is 8.89. The van der Waals surface area contributed by atoms with Crippen LogP contribution in [0.2, 0.25) is 5.02 Å². The third kappa shape index (κ3) is 4.60. The van der Waals surface area contributed by atoms with Crippen LogP contribution in [0.25, 0.3) is 0 Å². The van der Waals surface area contributed by atoms with Crippen molar-refractivity contribution in [2.75, 3.05) is 6.61 Å². The van der Waals surface area contributed by atoms with E-state index in [0.29, 0.717) is 5.02 Å². The standard InChI is InChI=1S/C21H24ClNO3S/c1-21(2,3)26-20(25)23-17(11-24)19-13-8-6-9-16(22)15(13)12-27-18-10-5-4-7-14(18)19/h4-10,17,19,24H,11-12H2,1-3H3,(H,23,25). The van der Waals surface area contributed by atoms with Crippen LogP contribution >= 0.6 is 23.4 Å². The Morgan fingerprint density at radius 2 is 1.96 bits per heavy atom. The second kappa shape index (κ2) is 8.13. The Morgan fingerprint density at radius 3 is 2.67 bits per heavy atom. The Labute approximate surface area is 169 Å². The highest BCUT2D eigenvalue weighted by Gasteiger charge is 2.33. The number of ether oxygens (including phenoxy) is 1. The SMILES string of the molecule is CC(C)(C)OC(=O)NC(CO)C1c2ccccc2SCc2c(Cl)cccc21. The molecule has 2 N–H and O–H groups in total. The third-order valence-corrected chi connectivity index (χ3v) is 5.89. The van der Waals surface area contributed by atoms with Gasteiger partial charge in [0.25, 0.3) is 0 Å². The van der Waals surface area contributed by atoms with E-state index in [1.54, 1.807) is 11.8 Å². The minimum Gasteiger partial charge on any atom is -0.444 e. The summed E-state index contributed by atoms with van der Waals surface area (Å²) in [7, 11) is 0. The molecule has 2 aromatic rings. The summed E-state index contributed by atoms with van der Waals surface area (Å²) in [4.78, 5) is 13.5. The molecule has 0 aromatic heterocycles. The van der Waals surface area contributed by atoms with Crippen LogP contribution in [-0.2, 0) is 10.5 Å². The first-order chi connectivity index (χ1) is 12.8. The summed E-state index contributed by atoms with van der Waals surface area (Å²) < 4.78 is 5.40. The molecule has 3 rings (SSSR count). The van der Waals surface area contributed by atoms with Gasteiger partial charge in [0.15, 0.2) is 0 Å². The fraction of sp³-hybridized carbons (Fsp3) is 0.381. The van der Waals surface area contributed by atoms with Crippen molar-refractivity contribution >= 4 is 29.5 Å². The van der Waals surface area contributed by atoms with Gasteiger partial charge in [-0.1, -0.05) is 41.9 Å². The Balaban J connectivity index is 2.04. The number of fused-ring (bicyclic) bond motifs is 2. The summed E-state index contributed by atoms with van der Waals surface area (Å²) >= 11 is 8.19. The van der Waals surface area contributed by atoms with Crippen LogP contribution < -0.4 is 5.32 Å². The number of rotatable bonds is 3. The molecule has 1 aliphatic rings. The quantitative estimate of drug-likeness (QED) is 0.757. The summed E-state index contributed by atoms with van der Waals surface area (Å²) in [5, 5.41) is 13.7. The Hall–Kier alpha value is -1.69. The molecule has 0 saturated heterocycles. The molecular formula is C21H24ClNO3S. The minimum atomic E-state index is -0.609. The monoisotopic (exact) mass is 405 g/mol. The van der Waals surface area contributed by atoms with Gasteiger partial charge in [0.05, 0.1) is 12.6 Å². The maximum Gasteiger partial charge on any atom is 0.407 e. The number of benzene rings is 2. The average Bonchev–Trinajstić information content (AvgIpc) is 2.76. The lowest BCUT2D eigenvalue weighted by Crippen LogP contribution is -2.44. The predicted octanol–water partition coefficient (Wildman–Crippen LogP) is 4.96. The molecule has 1 amide bonds. The number of aliphatic hydroxyl groups excluding tert-OH is 1. The number of hydrogen-bond donors (Lipinski definition) is 2. The number of amides is 1. The maximum absolute atomic E-state index is 12.4. The molecule has 0 saturated carbocycles. The first kappa shape index (κ1) is 20.1. The van der Waals surface area contributed by atoms with Crippen LogP contribution in [0.5, 0.6) is 0 Å². The topological polar surface area (TPSA) is 58.6 Å². The largest absolute Gasteiger partial charge is 0.444 e. The fourth-order valence-corrected chi connectivity index (χ4v) is 4.82. The van der Waals surface area contributed by atoms with Crippen LogP contribution in [-0.4, -0.2) is 29.4 Å². The van der Waals surface area contributed by atoms with Crippen molar-refractivity contribution in [3.63, 3.8) is 0 Å². The summed E-state index contributed by atoms with van der Waals surface area (Å²) in [6.45, 7) is 5.22. The summed E-state index contributed by atoms with van der Waals surface area (Å²) in [6, 6.07) is 13.4. The molecule has 0 radical (unpaired) electrons. The molecule has 0 bridgehead atoms. The summed E-state index contributed by atoms with van der Waals surface area (Å²) in [5.74, 6) is 0.523. The summed E-state index contributed by atoms with van der Waals surface area (Å²) in [6.07, 6.45) is -0.542. The number of carbonyl (C=O) groups excluding carboxylic acids is 1. The first-order valence-corrected chi connectivity index (χ1v) is 10.3. The van der Waals surface area contributed by atoms with Gasteiger partial charge in [-0.15, -0.1) is 11.8 Å². The van der Waals surface area contributed by atoms with E-state index in [-0.39, 0.29) is 12.5 Å². The number of alkyl carbamates (subject to hydrolysis) is 1. The van der Waals surface area contributed by atoms with Gasteiger partial charge in [-0.3, -0.25) is 0 Å². The number of carbonyl (C=O) groups is 1. The molecule has 0 fully saturated rings. The predicted molar refractivity (Wildman–Crippen MR) is 110 cm³/mol. The van der Waals surface area contributed by atoms with Crippen LogP contribution in [0.1, 0.15) is 43.4 Å². The Kier molecular flexibility index (Phi) is 6.04. The second-order valence-electron chi connectivity index (χ2n) is 7.55. The van der Waals surface area contributed by atoms with Crippen LogP contribution in [0.4, 0.5) is 4.79 Å². The molecule has 6 heteroatoms. The van der Waals surface area contributed by atoms with E-state index in [1.165, 1.54) is 0 Å². The lowest BCUT2D eigenvalue weighted by molar-refractivity contribution is 0.0475. The molecule has 1 heterocycles. The van der Waals surface area contributed by atoms with E-state index >= 15 is 0 Å². The third-order valence-electron chi connectivity index (χ3n) is 4.42. The maximum atomic E-state index is 12.4. The van der Waals surface area contributed by atoms with Gasteiger partial charge in [0.2, 0.25) is 0 Å². The van der Waals surface area contributed by atoms with Crippen LogP contribution in [0, 0.1) is 0 Å². The van der Waals surface area contributed by atoms with Gasteiger partial charge in [-0.25, -0.2) is 4.79 Å². The molecule has 2 aromatic carbocycles. The summed E-state index contributed by atoms with van der Waals surface area (Å²) in [5.41, 5.74) is 2.52. The van der Waals surface area contributed by atoms with E-state index in [2.05, 4.69) is 11.4 Å². The van der Waals surface area contributed by atoms with Crippen molar-refractivity contribution in [2.24, 2.45) is 0 Å². The Morgan fingerprint density at radius 1 is 1.26 bits per heavy atom. The van der Waals surface area contributed by atoms with E-state index < -0.39 is 17.7 Å². The van der Waals surface area contributed by atoms with Gasteiger partial charge in [0.1, 0.15) is 5.60 Å². The highest BCUT2D eigenvalue weighted by molar-refractivity contribution is 7.98. The van der Waals surface area contributed by atoms with Gasteiger partial charge in [-0.2, -0.15) is 0 Å². The number of aliphatic hydroxyl groups is 1. The minimum absolute atomic E-state index is 0.213. The van der Waals surface area contributed by atoms with Gasteiger partial charge >= 0.3 is 6.09 Å². The van der Waals surface area contributed by atoms with E-state index in [9.17, 15) is 9.90 Å². The van der Waals surface area contributed by atoms with E-state index in [1.807, 2.05) is 57.2 Å². The van der Waals surface area contributed by atoms with Crippen molar-refractivity contribution < 1.29 is 14.6 Å². The molecule has 0 aliphatic carbocycles. The van der Waals surface area contributed by atoms with Crippen molar-refractivity contribution in [3.8, 4) is 0 Å². The van der Waals surface area contributed by atoms with Crippen LogP contribution in [0.3, 0.4) is 0 Å². The molecule has 144 valence electrons. The number of nitrogens with one attached hydrogen (secondary N) is 1. The van der Waals surface area contributed by atoms with Crippen LogP contribution in [0.15, 0.2) is 47.4 Å². The van der Waals surface area contributed by atoms with Crippen molar-refractivity contribution in [1.29, 1.82) is 0 Å². The van der Waals surface area contributed by atoms with Crippen molar-refractivity contribution in [2.45, 2.75) is 49.0 Å². The number of halogens is 1. The van der Waals surface area contributed by atoms with Gasteiger partial charge < -0.3 is 15.2 Å². The molecule has 2 unspecified atom stereocenters. The molecule has 2 atom stereocenters. The average molecular weight is 406 g/mol. The highest BCUT2D eigenvalue weighted by atomic mass is 35.5. The lowest BCUT2D eigenvalue weighted by atomic mass is 9.83. The zero-order valence-corrected chi connectivity index (χ0v) is 17.2. The zero-order valence-electron chi connectivity index (χ0n) is 15.7. The number of thioether (sulfide) groups is 1. The molecule has 1 aliphatic heterocycles. The van der Waals surface area contributed by atoms with E-state index in [4.69, 9.17) is 16.3 Å². The van der Waals surface area contributed by atoms with E-state index in [0.717, 1.165) is 27.3 Å². The number of hydrogen-bond acceptors (Lipinski definition) is 4. The Bertz CT molecular complexity index is 834. The van der Waals surface area contributed by atoms with Gasteiger partial charge in [-0.05, 0) is 49.6 Å². The highest BCUT2D eigenvalue weighted by Crippen LogP contribution is 2.44. The lowest BCUT2D eigenvalue weighted by Gasteiger charge is -2.30. The van der Waals surface area contributed by atoms with Gasteiger partial charge in [0, 0.05) is 21.6 Å². The van der Waals surface area contributed by atoms with Crippen molar-refractivity contribution in [1.82, 2.24) is 5.32 Å². The molecule has 4 nitrogen and oxygen atoms in total. The normalized spacial score (nSPS) is 17.3. The molecular weight excluding hydrogens is 382 g/mol.